The molecule has 0 aliphatic heterocycles. The maximum absolute atomic E-state index is 11.9. The Morgan fingerprint density at radius 1 is 1.25 bits per heavy atom. The number of rotatable bonds is 8. The summed E-state index contributed by atoms with van der Waals surface area (Å²) in [5.74, 6) is 0.875. The summed E-state index contributed by atoms with van der Waals surface area (Å²) in [4.78, 5) is 18.2. The van der Waals surface area contributed by atoms with Crippen LogP contribution in [0.3, 0.4) is 0 Å². The minimum absolute atomic E-state index is 0. The lowest BCUT2D eigenvalue weighted by molar-refractivity contribution is -0.116. The summed E-state index contributed by atoms with van der Waals surface area (Å²) in [5.41, 5.74) is 0.766. The minimum Gasteiger partial charge on any atom is -0.356 e. The average Bonchev–Trinajstić information content (AvgIpc) is 2.55. The number of nitrogens with one attached hydrogen (secondary N) is 2. The first-order valence-corrected chi connectivity index (χ1v) is 8.41. The topological polar surface area (TPSA) is 56.7 Å². The van der Waals surface area contributed by atoms with Gasteiger partial charge in [-0.15, -0.1) is 24.0 Å². The van der Waals surface area contributed by atoms with Gasteiger partial charge >= 0.3 is 0 Å². The number of benzene rings is 1. The molecule has 0 aliphatic rings. The number of carbonyl (C=O) groups is 1. The van der Waals surface area contributed by atoms with Gasteiger partial charge in [0.15, 0.2) is 5.96 Å². The highest BCUT2D eigenvalue weighted by Crippen LogP contribution is 2.13. The van der Waals surface area contributed by atoms with Gasteiger partial charge in [0.1, 0.15) is 0 Å². The number of hydrogen-bond acceptors (Lipinski definition) is 2. The highest BCUT2D eigenvalue weighted by Gasteiger charge is 2.06. The van der Waals surface area contributed by atoms with E-state index in [0.717, 1.165) is 44.0 Å². The van der Waals surface area contributed by atoms with E-state index in [0.29, 0.717) is 11.4 Å². The van der Waals surface area contributed by atoms with Crippen LogP contribution in [0.5, 0.6) is 0 Å². The maximum atomic E-state index is 11.9. The van der Waals surface area contributed by atoms with Crippen LogP contribution in [0.25, 0.3) is 0 Å². The molecule has 0 aromatic heterocycles. The summed E-state index contributed by atoms with van der Waals surface area (Å²) in [5, 5.41) is 6.80. The van der Waals surface area contributed by atoms with E-state index in [4.69, 9.17) is 11.6 Å². The molecule has 0 heterocycles. The van der Waals surface area contributed by atoms with Crippen LogP contribution >= 0.6 is 35.6 Å². The fourth-order valence-corrected chi connectivity index (χ4v) is 2.22. The first kappa shape index (κ1) is 23.0. The molecule has 2 N–H and O–H groups in total. The average molecular weight is 467 g/mol. The van der Waals surface area contributed by atoms with Gasteiger partial charge in [0.05, 0.1) is 0 Å². The number of nitrogens with zero attached hydrogens (tertiary/aromatic N) is 2. The molecular formula is C17H28ClIN4O. The molecule has 0 saturated carbocycles. The van der Waals surface area contributed by atoms with E-state index in [1.54, 1.807) is 31.3 Å². The standard InChI is InChI=1S/C17H27ClN4O.HI/c1-4-5-13-22(3)17(19-2)20-12-6-7-16(23)21-15-10-8-14(18)9-11-15;/h8-11H,4-7,12-13H2,1-3H3,(H,19,20)(H,21,23);1H. The van der Waals surface area contributed by atoms with Gasteiger partial charge in [-0.3, -0.25) is 9.79 Å². The molecule has 0 unspecified atom stereocenters. The normalized spacial score (nSPS) is 10.8. The van der Waals surface area contributed by atoms with Crippen LogP contribution in [0.2, 0.25) is 5.02 Å². The lowest BCUT2D eigenvalue weighted by Gasteiger charge is -2.21. The van der Waals surface area contributed by atoms with Crippen LogP contribution in [0.4, 0.5) is 5.69 Å². The van der Waals surface area contributed by atoms with Crippen LogP contribution < -0.4 is 10.6 Å². The molecule has 0 bridgehead atoms. The third-order valence-electron chi connectivity index (χ3n) is 3.41. The van der Waals surface area contributed by atoms with Gasteiger partial charge < -0.3 is 15.5 Å². The van der Waals surface area contributed by atoms with Crippen LogP contribution in [-0.4, -0.2) is 44.0 Å². The largest absolute Gasteiger partial charge is 0.356 e. The molecule has 0 aliphatic carbocycles. The fourth-order valence-electron chi connectivity index (χ4n) is 2.09. The second kappa shape index (κ2) is 13.3. The molecule has 0 fully saturated rings. The van der Waals surface area contributed by atoms with Crippen LogP contribution in [0, 0.1) is 0 Å². The Morgan fingerprint density at radius 2 is 1.92 bits per heavy atom. The first-order chi connectivity index (χ1) is 11.1. The van der Waals surface area contributed by atoms with Gasteiger partial charge in [-0.25, -0.2) is 0 Å². The number of unbranched alkanes of at least 4 members (excludes halogenated alkanes) is 1. The molecule has 1 amide bonds. The van der Waals surface area contributed by atoms with Crippen molar-refractivity contribution in [1.82, 2.24) is 10.2 Å². The van der Waals surface area contributed by atoms with Crippen LogP contribution in [0.1, 0.15) is 32.6 Å². The molecule has 0 saturated heterocycles. The number of amides is 1. The molecule has 0 spiro atoms. The monoisotopic (exact) mass is 466 g/mol. The SMILES string of the molecule is CCCCN(C)C(=NC)NCCCC(=O)Nc1ccc(Cl)cc1.I. The van der Waals surface area contributed by atoms with E-state index < -0.39 is 0 Å². The molecule has 1 aromatic rings. The lowest BCUT2D eigenvalue weighted by Crippen LogP contribution is -2.39. The predicted molar refractivity (Wildman–Crippen MR) is 114 cm³/mol. The summed E-state index contributed by atoms with van der Waals surface area (Å²) in [6.45, 7) is 3.87. The van der Waals surface area contributed by atoms with Crippen molar-refractivity contribution >= 4 is 53.1 Å². The predicted octanol–water partition coefficient (Wildman–Crippen LogP) is 3.98. The third-order valence-corrected chi connectivity index (χ3v) is 3.66. The number of aliphatic imine (C=N–C) groups is 1. The third kappa shape index (κ3) is 9.32. The van der Waals surface area contributed by atoms with Crippen molar-refractivity contribution in [2.45, 2.75) is 32.6 Å². The highest BCUT2D eigenvalue weighted by atomic mass is 127. The number of halogens is 2. The summed E-state index contributed by atoms with van der Waals surface area (Å²) in [7, 11) is 3.80. The zero-order valence-corrected chi connectivity index (χ0v) is 17.7. The molecule has 7 heteroatoms. The minimum atomic E-state index is 0. The van der Waals surface area contributed by atoms with Gasteiger partial charge in [0, 0.05) is 44.3 Å². The van der Waals surface area contributed by atoms with E-state index in [2.05, 4.69) is 27.4 Å². The van der Waals surface area contributed by atoms with E-state index in [9.17, 15) is 4.79 Å². The summed E-state index contributed by atoms with van der Waals surface area (Å²) >= 11 is 5.82. The van der Waals surface area contributed by atoms with Crippen molar-refractivity contribution in [2.75, 3.05) is 32.5 Å². The number of anilines is 1. The Balaban J connectivity index is 0.00000529. The zero-order valence-electron chi connectivity index (χ0n) is 14.6. The summed E-state index contributed by atoms with van der Waals surface area (Å²) in [6, 6.07) is 7.11. The van der Waals surface area contributed by atoms with E-state index >= 15 is 0 Å². The highest BCUT2D eigenvalue weighted by molar-refractivity contribution is 14.0. The molecular weight excluding hydrogens is 439 g/mol. The molecule has 1 rings (SSSR count). The Labute approximate surface area is 167 Å². The van der Waals surface area contributed by atoms with Crippen molar-refractivity contribution < 1.29 is 4.79 Å². The van der Waals surface area contributed by atoms with Crippen molar-refractivity contribution in [3.8, 4) is 0 Å². The second-order valence-corrected chi connectivity index (χ2v) is 5.84. The Morgan fingerprint density at radius 3 is 2.50 bits per heavy atom. The van der Waals surface area contributed by atoms with Crippen LogP contribution in [0.15, 0.2) is 29.3 Å². The summed E-state index contributed by atoms with van der Waals surface area (Å²) < 4.78 is 0. The molecule has 136 valence electrons. The Kier molecular flexibility index (Phi) is 12.7. The van der Waals surface area contributed by atoms with Crippen molar-refractivity contribution in [3.63, 3.8) is 0 Å². The number of hydrogen-bond donors (Lipinski definition) is 2. The van der Waals surface area contributed by atoms with Gasteiger partial charge in [0.25, 0.3) is 0 Å². The molecule has 1 aromatic carbocycles. The fraction of sp³-hybridized carbons (Fsp3) is 0.529. The molecule has 0 atom stereocenters. The van der Waals surface area contributed by atoms with Gasteiger partial charge in [-0.05, 0) is 37.1 Å². The van der Waals surface area contributed by atoms with Gasteiger partial charge in [-0.1, -0.05) is 24.9 Å². The second-order valence-electron chi connectivity index (χ2n) is 5.41. The molecule has 0 radical (unpaired) electrons. The lowest BCUT2D eigenvalue weighted by atomic mass is 10.2. The quantitative estimate of drug-likeness (QED) is 0.264. The summed E-state index contributed by atoms with van der Waals surface area (Å²) in [6.07, 6.45) is 3.51. The number of guanidine groups is 1. The smallest absolute Gasteiger partial charge is 0.224 e. The first-order valence-electron chi connectivity index (χ1n) is 8.04. The van der Waals surface area contributed by atoms with Crippen molar-refractivity contribution in [1.29, 1.82) is 0 Å². The number of carbonyl (C=O) groups excluding carboxylic acids is 1. The zero-order chi connectivity index (χ0) is 17.1. The molecule has 5 nitrogen and oxygen atoms in total. The molecule has 24 heavy (non-hydrogen) atoms. The Hall–Kier alpha value is -1.02. The van der Waals surface area contributed by atoms with E-state index in [-0.39, 0.29) is 29.9 Å². The Bertz CT molecular complexity index is 508. The van der Waals surface area contributed by atoms with Crippen molar-refractivity contribution in [2.24, 2.45) is 4.99 Å². The van der Waals surface area contributed by atoms with Gasteiger partial charge in [-0.2, -0.15) is 0 Å². The van der Waals surface area contributed by atoms with E-state index in [1.165, 1.54) is 0 Å². The van der Waals surface area contributed by atoms with Crippen molar-refractivity contribution in [3.05, 3.63) is 29.3 Å². The van der Waals surface area contributed by atoms with Gasteiger partial charge in [0.2, 0.25) is 5.91 Å². The maximum Gasteiger partial charge on any atom is 0.224 e. The van der Waals surface area contributed by atoms with Crippen LogP contribution in [-0.2, 0) is 4.79 Å². The van der Waals surface area contributed by atoms with E-state index in [1.807, 2.05) is 7.05 Å².